The monoisotopic (exact) mass is 288 g/mol. The van der Waals surface area contributed by atoms with E-state index in [1.165, 1.54) is 30.4 Å². The summed E-state index contributed by atoms with van der Waals surface area (Å²) in [5.74, 6) is 0.917. The Balaban J connectivity index is 1.70. The third-order valence-corrected chi connectivity index (χ3v) is 3.98. The molecule has 4 heteroatoms. The fourth-order valence-corrected chi connectivity index (χ4v) is 2.68. The lowest BCUT2D eigenvalue weighted by Crippen LogP contribution is -2.42. The number of nitrogens with one attached hydrogen (secondary N) is 2. The minimum absolute atomic E-state index is 0.917. The molecule has 0 fully saturated rings. The second-order valence-electron chi connectivity index (χ2n) is 5.57. The summed E-state index contributed by atoms with van der Waals surface area (Å²) in [7, 11) is 1.83. The molecule has 0 amide bonds. The molecule has 0 aliphatic carbocycles. The zero-order valence-electron chi connectivity index (χ0n) is 13.4. The molecule has 116 valence electrons. The number of benzene rings is 1. The Labute approximate surface area is 128 Å². The van der Waals surface area contributed by atoms with E-state index < -0.39 is 0 Å². The molecule has 21 heavy (non-hydrogen) atoms. The van der Waals surface area contributed by atoms with Gasteiger partial charge in [0.05, 0.1) is 0 Å². The molecule has 0 atom stereocenters. The Kier molecular flexibility index (Phi) is 6.54. The van der Waals surface area contributed by atoms with Crippen LogP contribution in [0.3, 0.4) is 0 Å². The summed E-state index contributed by atoms with van der Waals surface area (Å²) >= 11 is 0. The average Bonchev–Trinajstić information content (AvgIpc) is 2.53. The second kappa shape index (κ2) is 8.67. The van der Waals surface area contributed by atoms with Gasteiger partial charge in [-0.3, -0.25) is 9.89 Å². The van der Waals surface area contributed by atoms with Crippen LogP contribution in [-0.4, -0.2) is 44.1 Å². The number of fused-ring (bicyclic) bond motifs is 1. The van der Waals surface area contributed by atoms with Gasteiger partial charge in [0.1, 0.15) is 0 Å². The van der Waals surface area contributed by atoms with Crippen molar-refractivity contribution in [1.82, 2.24) is 15.5 Å². The maximum atomic E-state index is 4.25. The summed E-state index contributed by atoms with van der Waals surface area (Å²) in [4.78, 5) is 6.76. The van der Waals surface area contributed by atoms with Crippen molar-refractivity contribution in [2.75, 3.05) is 33.2 Å². The number of nitrogens with zero attached hydrogens (tertiary/aromatic N) is 2. The van der Waals surface area contributed by atoms with Gasteiger partial charge in [-0.15, -0.1) is 0 Å². The van der Waals surface area contributed by atoms with Crippen LogP contribution in [0.4, 0.5) is 0 Å². The predicted octanol–water partition coefficient (Wildman–Crippen LogP) is 2.01. The van der Waals surface area contributed by atoms with Crippen molar-refractivity contribution in [3.05, 3.63) is 35.4 Å². The van der Waals surface area contributed by atoms with Gasteiger partial charge < -0.3 is 10.6 Å². The van der Waals surface area contributed by atoms with Gasteiger partial charge in [0.15, 0.2) is 5.96 Å². The third kappa shape index (κ3) is 5.05. The zero-order chi connectivity index (χ0) is 14.9. The summed E-state index contributed by atoms with van der Waals surface area (Å²) in [6.07, 6.45) is 3.56. The molecule has 2 N–H and O–H groups in total. The molecule has 0 saturated heterocycles. The van der Waals surface area contributed by atoms with Crippen molar-refractivity contribution in [2.45, 2.75) is 32.7 Å². The quantitative estimate of drug-likeness (QED) is 0.478. The molecule has 0 bridgehead atoms. The van der Waals surface area contributed by atoms with Gasteiger partial charge >= 0.3 is 0 Å². The lowest BCUT2D eigenvalue weighted by atomic mass is 10.00. The van der Waals surface area contributed by atoms with E-state index >= 15 is 0 Å². The standard InChI is InChI=1S/C17H28N4/c1-3-4-10-19-17(18-2)20-11-13-21-12-9-15-7-5-6-8-16(15)14-21/h5-8H,3-4,9-14H2,1-2H3,(H2,18,19,20). The van der Waals surface area contributed by atoms with Crippen molar-refractivity contribution in [3.8, 4) is 0 Å². The first-order chi connectivity index (χ1) is 10.3. The van der Waals surface area contributed by atoms with Crippen LogP contribution in [0, 0.1) is 0 Å². The summed E-state index contributed by atoms with van der Waals surface area (Å²) in [5.41, 5.74) is 2.99. The van der Waals surface area contributed by atoms with Gasteiger partial charge in [0, 0.05) is 39.8 Å². The molecule has 1 aromatic rings. The Bertz CT molecular complexity index is 456. The second-order valence-corrected chi connectivity index (χ2v) is 5.57. The van der Waals surface area contributed by atoms with Crippen LogP contribution < -0.4 is 10.6 Å². The normalized spacial score (nSPS) is 15.6. The number of guanidine groups is 1. The smallest absolute Gasteiger partial charge is 0.191 e. The number of hydrogen-bond donors (Lipinski definition) is 2. The first-order valence-electron chi connectivity index (χ1n) is 8.07. The highest BCUT2D eigenvalue weighted by atomic mass is 15.2. The summed E-state index contributed by atoms with van der Waals surface area (Å²) < 4.78 is 0. The van der Waals surface area contributed by atoms with E-state index in [1.807, 2.05) is 7.05 Å². The molecule has 0 spiro atoms. The largest absolute Gasteiger partial charge is 0.356 e. The minimum atomic E-state index is 0.917. The third-order valence-electron chi connectivity index (χ3n) is 3.98. The first kappa shape index (κ1) is 15.8. The molecule has 1 aliphatic rings. The van der Waals surface area contributed by atoms with Crippen molar-refractivity contribution in [2.24, 2.45) is 4.99 Å². The number of aliphatic imine (C=N–C) groups is 1. The van der Waals surface area contributed by atoms with Crippen LogP contribution in [0.25, 0.3) is 0 Å². The summed E-state index contributed by atoms with van der Waals surface area (Å²) in [5, 5.41) is 6.74. The number of rotatable bonds is 6. The molecule has 0 unspecified atom stereocenters. The van der Waals surface area contributed by atoms with Crippen LogP contribution in [0.15, 0.2) is 29.3 Å². The lowest BCUT2D eigenvalue weighted by molar-refractivity contribution is 0.258. The van der Waals surface area contributed by atoms with Gasteiger partial charge in [-0.1, -0.05) is 37.6 Å². The molecular weight excluding hydrogens is 260 g/mol. The van der Waals surface area contributed by atoms with Crippen LogP contribution in [0.2, 0.25) is 0 Å². The van der Waals surface area contributed by atoms with Gasteiger partial charge in [0.2, 0.25) is 0 Å². The maximum Gasteiger partial charge on any atom is 0.191 e. The SMILES string of the molecule is CCCCNC(=NC)NCCN1CCc2ccccc2C1. The first-order valence-corrected chi connectivity index (χ1v) is 8.07. The number of hydrogen-bond acceptors (Lipinski definition) is 2. The predicted molar refractivity (Wildman–Crippen MR) is 89.7 cm³/mol. The van der Waals surface area contributed by atoms with E-state index in [0.29, 0.717) is 0 Å². The van der Waals surface area contributed by atoms with Crippen molar-refractivity contribution < 1.29 is 0 Å². The van der Waals surface area contributed by atoms with Gasteiger partial charge in [0.25, 0.3) is 0 Å². The highest BCUT2D eigenvalue weighted by Crippen LogP contribution is 2.17. The van der Waals surface area contributed by atoms with Gasteiger partial charge in [-0.2, -0.15) is 0 Å². The fourth-order valence-electron chi connectivity index (χ4n) is 2.68. The Morgan fingerprint density at radius 2 is 1.95 bits per heavy atom. The van der Waals surface area contributed by atoms with E-state index in [9.17, 15) is 0 Å². The molecule has 2 rings (SSSR count). The summed E-state index contributed by atoms with van der Waals surface area (Å²) in [6.45, 7) is 7.41. The van der Waals surface area contributed by atoms with Crippen LogP contribution in [0.5, 0.6) is 0 Å². The van der Waals surface area contributed by atoms with Gasteiger partial charge in [-0.05, 0) is 24.0 Å². The van der Waals surface area contributed by atoms with Crippen LogP contribution >= 0.6 is 0 Å². The highest BCUT2D eigenvalue weighted by molar-refractivity contribution is 5.79. The topological polar surface area (TPSA) is 39.7 Å². The van der Waals surface area contributed by atoms with Gasteiger partial charge in [-0.25, -0.2) is 0 Å². The molecule has 1 aliphatic heterocycles. The number of unbranched alkanes of at least 4 members (excludes halogenated alkanes) is 1. The molecule has 0 aromatic heterocycles. The van der Waals surface area contributed by atoms with E-state index in [2.05, 4.69) is 51.7 Å². The van der Waals surface area contributed by atoms with E-state index in [0.717, 1.165) is 38.7 Å². The lowest BCUT2D eigenvalue weighted by Gasteiger charge is -2.28. The highest BCUT2D eigenvalue weighted by Gasteiger charge is 2.14. The van der Waals surface area contributed by atoms with Crippen molar-refractivity contribution in [3.63, 3.8) is 0 Å². The van der Waals surface area contributed by atoms with Crippen molar-refractivity contribution in [1.29, 1.82) is 0 Å². The maximum absolute atomic E-state index is 4.25. The Morgan fingerprint density at radius 3 is 2.71 bits per heavy atom. The molecule has 4 nitrogen and oxygen atoms in total. The van der Waals surface area contributed by atoms with Crippen molar-refractivity contribution >= 4 is 5.96 Å². The fraction of sp³-hybridized carbons (Fsp3) is 0.588. The molecule has 0 radical (unpaired) electrons. The minimum Gasteiger partial charge on any atom is -0.356 e. The molecule has 1 heterocycles. The van der Waals surface area contributed by atoms with E-state index in [1.54, 1.807) is 0 Å². The molecular formula is C17H28N4. The molecule has 1 aromatic carbocycles. The molecule has 0 saturated carbocycles. The van der Waals surface area contributed by atoms with E-state index in [-0.39, 0.29) is 0 Å². The van der Waals surface area contributed by atoms with E-state index in [4.69, 9.17) is 0 Å². The van der Waals surface area contributed by atoms with Crippen LogP contribution in [-0.2, 0) is 13.0 Å². The van der Waals surface area contributed by atoms with Crippen LogP contribution in [0.1, 0.15) is 30.9 Å². The Hall–Kier alpha value is -1.55. The summed E-state index contributed by atoms with van der Waals surface area (Å²) in [6, 6.07) is 8.78. The zero-order valence-corrected chi connectivity index (χ0v) is 13.4. The average molecular weight is 288 g/mol. The Morgan fingerprint density at radius 1 is 1.19 bits per heavy atom.